The molecule has 0 saturated carbocycles. The zero-order chi connectivity index (χ0) is 22.2. The number of carbonyl (C=O) groups excluding carboxylic acids is 1. The third-order valence-corrected chi connectivity index (χ3v) is 6.78. The highest BCUT2D eigenvalue weighted by Crippen LogP contribution is 2.33. The lowest BCUT2D eigenvalue weighted by Crippen LogP contribution is -2.35. The van der Waals surface area contributed by atoms with Gasteiger partial charge in [0.1, 0.15) is 0 Å². The number of rotatable bonds is 5. The molecule has 5 nitrogen and oxygen atoms in total. The molecule has 1 atom stereocenters. The summed E-state index contributed by atoms with van der Waals surface area (Å²) in [6.45, 7) is 4.19. The molecule has 0 spiro atoms. The summed E-state index contributed by atoms with van der Waals surface area (Å²) in [4.78, 5) is 15.0. The normalized spacial score (nSPS) is 15.6. The van der Waals surface area contributed by atoms with Crippen LogP contribution in [-0.2, 0) is 23.0 Å². The molecule has 3 aromatic rings. The van der Waals surface area contributed by atoms with E-state index in [1.165, 1.54) is 16.1 Å². The van der Waals surface area contributed by atoms with Gasteiger partial charge in [0.05, 0.1) is 18.5 Å². The lowest BCUT2D eigenvalue weighted by molar-refractivity contribution is 0.0981. The minimum absolute atomic E-state index is 0.0392. The summed E-state index contributed by atoms with van der Waals surface area (Å²) in [6.07, 6.45) is 2.05. The van der Waals surface area contributed by atoms with Crippen molar-refractivity contribution < 1.29 is 13.2 Å². The summed E-state index contributed by atoms with van der Waals surface area (Å²) in [5.74, 6) is -0.0392. The fourth-order valence-corrected chi connectivity index (χ4v) is 5.00. The van der Waals surface area contributed by atoms with Crippen LogP contribution in [-0.4, -0.2) is 26.6 Å². The second-order valence-electron chi connectivity index (χ2n) is 8.16. The van der Waals surface area contributed by atoms with E-state index in [-0.39, 0.29) is 18.5 Å². The Bertz CT molecular complexity index is 1220. The number of carbonyl (C=O) groups is 1. The number of amides is 1. The molecule has 3 aromatic carbocycles. The molecule has 0 saturated heterocycles. The van der Waals surface area contributed by atoms with Gasteiger partial charge in [-0.3, -0.25) is 9.10 Å². The highest BCUT2D eigenvalue weighted by atomic mass is 32.2. The Balaban J connectivity index is 1.57. The highest BCUT2D eigenvalue weighted by Gasteiger charge is 2.31. The lowest BCUT2D eigenvalue weighted by atomic mass is 10.1. The Labute approximate surface area is 184 Å². The van der Waals surface area contributed by atoms with E-state index < -0.39 is 10.0 Å². The second-order valence-corrected chi connectivity index (χ2v) is 10.1. The van der Waals surface area contributed by atoms with E-state index >= 15 is 0 Å². The molecule has 1 heterocycles. The predicted octanol–water partition coefficient (Wildman–Crippen LogP) is 4.55. The number of sulfonamides is 1. The molecule has 1 unspecified atom stereocenters. The van der Waals surface area contributed by atoms with Gasteiger partial charge in [-0.05, 0) is 67.3 Å². The molecule has 4 rings (SSSR count). The summed E-state index contributed by atoms with van der Waals surface area (Å²) in [7, 11) is -3.46. The van der Waals surface area contributed by atoms with Crippen molar-refractivity contribution in [1.29, 1.82) is 0 Å². The van der Waals surface area contributed by atoms with Crippen LogP contribution in [0.4, 0.5) is 11.4 Å². The van der Waals surface area contributed by atoms with Crippen LogP contribution in [0.3, 0.4) is 0 Å². The van der Waals surface area contributed by atoms with Crippen molar-refractivity contribution in [3.05, 3.63) is 95.1 Å². The lowest BCUT2D eigenvalue weighted by Gasteiger charge is -2.24. The minimum atomic E-state index is -3.46. The van der Waals surface area contributed by atoms with E-state index in [2.05, 4.69) is 13.0 Å². The van der Waals surface area contributed by atoms with Crippen molar-refractivity contribution in [1.82, 2.24) is 0 Å². The zero-order valence-electron chi connectivity index (χ0n) is 17.9. The average Bonchev–Trinajstić information content (AvgIpc) is 3.06. The van der Waals surface area contributed by atoms with Crippen molar-refractivity contribution in [2.75, 3.05) is 15.5 Å². The van der Waals surface area contributed by atoms with E-state index in [9.17, 15) is 13.2 Å². The van der Waals surface area contributed by atoms with Crippen LogP contribution in [0.25, 0.3) is 0 Å². The van der Waals surface area contributed by atoms with E-state index in [1.54, 1.807) is 18.2 Å². The topological polar surface area (TPSA) is 57.7 Å². The van der Waals surface area contributed by atoms with Gasteiger partial charge in [-0.1, -0.05) is 42.5 Å². The molecule has 0 aromatic heterocycles. The maximum Gasteiger partial charge on any atom is 0.258 e. The Hall–Kier alpha value is -3.12. The summed E-state index contributed by atoms with van der Waals surface area (Å²) < 4.78 is 26.2. The van der Waals surface area contributed by atoms with Gasteiger partial charge in [-0.2, -0.15) is 0 Å². The number of nitrogens with zero attached hydrogens (tertiary/aromatic N) is 2. The summed E-state index contributed by atoms with van der Waals surface area (Å²) in [5, 5.41) is 0. The van der Waals surface area contributed by atoms with Crippen molar-refractivity contribution in [3.63, 3.8) is 0 Å². The van der Waals surface area contributed by atoms with Gasteiger partial charge in [0.15, 0.2) is 0 Å². The first-order chi connectivity index (χ1) is 14.7. The summed E-state index contributed by atoms with van der Waals surface area (Å²) in [5.41, 5.74) is 5.18. The molecule has 0 bridgehead atoms. The van der Waals surface area contributed by atoms with Crippen LogP contribution in [0.5, 0.6) is 0 Å². The maximum atomic E-state index is 13.2. The van der Waals surface area contributed by atoms with Gasteiger partial charge in [0.25, 0.3) is 5.91 Å². The van der Waals surface area contributed by atoms with Crippen LogP contribution >= 0.6 is 0 Å². The monoisotopic (exact) mass is 434 g/mol. The average molecular weight is 435 g/mol. The largest absolute Gasteiger partial charge is 0.305 e. The SMILES string of the molecule is Cc1cccc(N(Cc2ccc(C(=O)N3c4ccccc4CC3C)cc2)S(C)(=O)=O)c1. The minimum Gasteiger partial charge on any atom is -0.305 e. The Morgan fingerprint density at radius 2 is 1.74 bits per heavy atom. The zero-order valence-corrected chi connectivity index (χ0v) is 18.8. The van der Waals surface area contributed by atoms with Crippen LogP contribution in [0, 0.1) is 6.92 Å². The fourth-order valence-electron chi connectivity index (χ4n) is 4.12. The van der Waals surface area contributed by atoms with Gasteiger partial charge in [0.2, 0.25) is 10.0 Å². The molecule has 0 radical (unpaired) electrons. The van der Waals surface area contributed by atoms with Crippen LogP contribution in [0.15, 0.2) is 72.8 Å². The summed E-state index contributed by atoms with van der Waals surface area (Å²) >= 11 is 0. The molecule has 0 fully saturated rings. The van der Waals surface area contributed by atoms with Crippen LogP contribution in [0.1, 0.15) is 34.0 Å². The van der Waals surface area contributed by atoms with Crippen LogP contribution < -0.4 is 9.21 Å². The molecule has 0 aliphatic carbocycles. The molecule has 31 heavy (non-hydrogen) atoms. The first kappa shape index (κ1) is 21.1. The van der Waals surface area contributed by atoms with Gasteiger partial charge in [-0.25, -0.2) is 8.42 Å². The van der Waals surface area contributed by atoms with Gasteiger partial charge in [-0.15, -0.1) is 0 Å². The first-order valence-corrected chi connectivity index (χ1v) is 12.1. The number of para-hydroxylation sites is 1. The van der Waals surface area contributed by atoms with Crippen molar-refractivity contribution in [3.8, 4) is 0 Å². The van der Waals surface area contributed by atoms with E-state index in [1.807, 2.05) is 60.4 Å². The second kappa shape index (κ2) is 8.19. The van der Waals surface area contributed by atoms with E-state index in [0.717, 1.165) is 23.2 Å². The molecule has 1 aliphatic rings. The van der Waals surface area contributed by atoms with Gasteiger partial charge in [0, 0.05) is 17.3 Å². The molecule has 6 heteroatoms. The Morgan fingerprint density at radius 1 is 1.03 bits per heavy atom. The predicted molar refractivity (Wildman–Crippen MR) is 125 cm³/mol. The van der Waals surface area contributed by atoms with Gasteiger partial charge < -0.3 is 4.90 Å². The molecule has 1 aliphatic heterocycles. The molecular formula is C25H26N2O3S. The third kappa shape index (κ3) is 4.35. The van der Waals surface area contributed by atoms with Crippen LogP contribution in [0.2, 0.25) is 0 Å². The molecule has 0 N–H and O–H groups in total. The van der Waals surface area contributed by atoms with Gasteiger partial charge >= 0.3 is 0 Å². The first-order valence-electron chi connectivity index (χ1n) is 10.3. The number of hydrogen-bond donors (Lipinski definition) is 0. The Morgan fingerprint density at radius 3 is 2.42 bits per heavy atom. The number of aryl methyl sites for hydroxylation is 1. The van der Waals surface area contributed by atoms with Crippen molar-refractivity contribution in [2.45, 2.75) is 32.9 Å². The summed E-state index contributed by atoms with van der Waals surface area (Å²) in [6, 6.07) is 22.7. The van der Waals surface area contributed by atoms with E-state index in [4.69, 9.17) is 0 Å². The number of benzene rings is 3. The van der Waals surface area contributed by atoms with Crippen molar-refractivity contribution in [2.24, 2.45) is 0 Å². The quantitative estimate of drug-likeness (QED) is 0.592. The molecular weight excluding hydrogens is 408 g/mol. The highest BCUT2D eigenvalue weighted by molar-refractivity contribution is 7.92. The van der Waals surface area contributed by atoms with E-state index in [0.29, 0.717) is 11.3 Å². The van der Waals surface area contributed by atoms with Crippen molar-refractivity contribution >= 4 is 27.3 Å². The number of hydrogen-bond acceptors (Lipinski definition) is 3. The third-order valence-electron chi connectivity index (χ3n) is 5.64. The number of anilines is 2. The smallest absolute Gasteiger partial charge is 0.258 e. The number of fused-ring (bicyclic) bond motifs is 1. The fraction of sp³-hybridized carbons (Fsp3) is 0.240. The Kier molecular flexibility index (Phi) is 5.58. The molecule has 160 valence electrons. The molecule has 1 amide bonds. The standard InChI is InChI=1S/C25H26N2O3S/c1-18-7-6-9-23(15-18)26(31(3,29)30)17-20-11-13-21(14-12-20)25(28)27-19(2)16-22-8-4-5-10-24(22)27/h4-15,19H,16-17H2,1-3H3. The maximum absolute atomic E-state index is 13.2.